The number of nitrogens with zero attached hydrogens (tertiary/aromatic N) is 1. The molecule has 0 aliphatic rings. The Morgan fingerprint density at radius 2 is 1.76 bits per heavy atom. The molecule has 0 spiro atoms. The van der Waals surface area contributed by atoms with Crippen LogP contribution in [-0.4, -0.2) is 59.5 Å². The summed E-state index contributed by atoms with van der Waals surface area (Å²) in [6.45, 7) is 3.65. The summed E-state index contributed by atoms with van der Waals surface area (Å²) in [6, 6.07) is 10.3. The zero-order valence-electron chi connectivity index (χ0n) is 19.6. The van der Waals surface area contributed by atoms with Crippen LogP contribution in [0.15, 0.2) is 41.3 Å². The lowest BCUT2D eigenvalue weighted by Gasteiger charge is -2.14. The normalized spacial score (nSPS) is 11.1. The molecule has 33 heavy (non-hydrogen) atoms. The van der Waals surface area contributed by atoms with E-state index >= 15 is 0 Å². The Labute approximate surface area is 195 Å². The van der Waals surface area contributed by atoms with E-state index in [0.29, 0.717) is 17.1 Å². The first-order valence-electron chi connectivity index (χ1n) is 10.4. The first-order chi connectivity index (χ1) is 15.5. The largest absolute Gasteiger partial charge is 0.493 e. The molecule has 0 saturated carbocycles. The minimum absolute atomic E-state index is 0.00489. The number of benzene rings is 2. The van der Waals surface area contributed by atoms with Crippen LogP contribution in [0.2, 0.25) is 0 Å². The Bertz CT molecular complexity index is 1100. The molecule has 0 bridgehead atoms. The van der Waals surface area contributed by atoms with E-state index in [2.05, 4.69) is 10.0 Å². The Kier molecular flexibility index (Phi) is 9.24. The van der Waals surface area contributed by atoms with Crippen molar-refractivity contribution in [2.45, 2.75) is 31.7 Å². The molecule has 2 amide bonds. The van der Waals surface area contributed by atoms with Gasteiger partial charge in [0, 0.05) is 33.6 Å². The Morgan fingerprint density at radius 1 is 1.03 bits per heavy atom. The summed E-state index contributed by atoms with van der Waals surface area (Å²) in [5.41, 5.74) is 2.25. The highest BCUT2D eigenvalue weighted by molar-refractivity contribution is 7.89. The van der Waals surface area contributed by atoms with Crippen LogP contribution < -0.4 is 19.5 Å². The highest BCUT2D eigenvalue weighted by Crippen LogP contribution is 2.28. The molecule has 0 saturated heterocycles. The van der Waals surface area contributed by atoms with Gasteiger partial charge in [-0.25, -0.2) is 13.1 Å². The molecule has 180 valence electrons. The molecule has 0 radical (unpaired) electrons. The van der Waals surface area contributed by atoms with Crippen molar-refractivity contribution in [1.29, 1.82) is 0 Å². The Hall–Kier alpha value is -3.11. The van der Waals surface area contributed by atoms with Crippen molar-refractivity contribution in [3.63, 3.8) is 0 Å². The van der Waals surface area contributed by atoms with E-state index in [0.717, 1.165) is 11.1 Å². The number of methoxy groups -OCH3 is 1. The van der Waals surface area contributed by atoms with Gasteiger partial charge in [-0.05, 0) is 48.7 Å². The summed E-state index contributed by atoms with van der Waals surface area (Å²) in [5, 5.41) is 2.75. The van der Waals surface area contributed by atoms with E-state index in [4.69, 9.17) is 9.47 Å². The van der Waals surface area contributed by atoms with Crippen molar-refractivity contribution in [2.24, 2.45) is 0 Å². The summed E-state index contributed by atoms with van der Waals surface area (Å²) in [6.07, 6.45) is -0.00489. The second-order valence-corrected chi connectivity index (χ2v) is 9.49. The topological polar surface area (TPSA) is 114 Å². The van der Waals surface area contributed by atoms with Crippen LogP contribution in [0.25, 0.3) is 0 Å². The van der Waals surface area contributed by atoms with E-state index < -0.39 is 10.0 Å². The van der Waals surface area contributed by atoms with E-state index in [-0.39, 0.29) is 42.8 Å². The molecule has 2 aromatic rings. The summed E-state index contributed by atoms with van der Waals surface area (Å²) < 4.78 is 38.3. The van der Waals surface area contributed by atoms with Gasteiger partial charge in [0.15, 0.2) is 18.1 Å². The van der Waals surface area contributed by atoms with Gasteiger partial charge in [0.25, 0.3) is 5.91 Å². The number of hydrogen-bond acceptors (Lipinski definition) is 6. The molecule has 10 heteroatoms. The second-order valence-electron chi connectivity index (χ2n) is 7.76. The second kappa shape index (κ2) is 11.7. The average molecular weight is 478 g/mol. The quantitative estimate of drug-likeness (QED) is 0.510. The van der Waals surface area contributed by atoms with Crippen LogP contribution in [0.3, 0.4) is 0 Å². The number of nitrogens with one attached hydrogen (secondary N) is 2. The summed E-state index contributed by atoms with van der Waals surface area (Å²) in [4.78, 5) is 25.5. The molecule has 0 unspecified atom stereocenters. The van der Waals surface area contributed by atoms with Crippen LogP contribution in [0.1, 0.15) is 23.1 Å². The smallest absolute Gasteiger partial charge is 0.259 e. The van der Waals surface area contributed by atoms with Gasteiger partial charge in [0.1, 0.15) is 0 Å². The van der Waals surface area contributed by atoms with Gasteiger partial charge in [-0.2, -0.15) is 0 Å². The highest BCUT2D eigenvalue weighted by atomic mass is 32.2. The molecule has 0 aliphatic carbocycles. The van der Waals surface area contributed by atoms with Gasteiger partial charge in [-0.3, -0.25) is 9.59 Å². The molecule has 0 fully saturated rings. The number of aryl methyl sites for hydroxylation is 2. The molecule has 2 rings (SSSR count). The maximum atomic E-state index is 12.5. The standard InChI is InChI=1S/C23H31N3O6S/c1-16-6-7-17(2)21(12-16)33(29,30)25-11-10-22(27)24-14-18-8-9-19(20(13-18)31-5)32-15-23(28)26(3)4/h6-9,12-13,25H,10-11,14-15H2,1-5H3,(H,24,27). The Balaban J connectivity index is 1.86. The number of carbonyl (C=O) groups excluding carboxylic acids is 2. The van der Waals surface area contributed by atoms with Gasteiger partial charge < -0.3 is 19.7 Å². The Morgan fingerprint density at radius 3 is 2.42 bits per heavy atom. The van der Waals surface area contributed by atoms with Crippen molar-refractivity contribution in [3.05, 3.63) is 53.1 Å². The monoisotopic (exact) mass is 477 g/mol. The molecule has 0 heterocycles. The van der Waals surface area contributed by atoms with Crippen molar-refractivity contribution in [1.82, 2.24) is 14.9 Å². The highest BCUT2D eigenvalue weighted by Gasteiger charge is 2.17. The van der Waals surface area contributed by atoms with Crippen LogP contribution in [0.4, 0.5) is 0 Å². The third-order valence-electron chi connectivity index (χ3n) is 4.84. The molecule has 0 atom stereocenters. The van der Waals surface area contributed by atoms with Crippen molar-refractivity contribution < 1.29 is 27.5 Å². The zero-order valence-corrected chi connectivity index (χ0v) is 20.4. The van der Waals surface area contributed by atoms with Crippen molar-refractivity contribution >= 4 is 21.8 Å². The number of rotatable bonds is 11. The predicted molar refractivity (Wildman–Crippen MR) is 125 cm³/mol. The van der Waals surface area contributed by atoms with Crippen LogP contribution in [0, 0.1) is 13.8 Å². The summed E-state index contributed by atoms with van der Waals surface area (Å²) >= 11 is 0. The molecule has 0 aliphatic heterocycles. The molecule has 2 N–H and O–H groups in total. The van der Waals surface area contributed by atoms with Gasteiger partial charge in [0.2, 0.25) is 15.9 Å². The van der Waals surface area contributed by atoms with Gasteiger partial charge >= 0.3 is 0 Å². The fraction of sp³-hybridized carbons (Fsp3) is 0.391. The van der Waals surface area contributed by atoms with E-state index in [9.17, 15) is 18.0 Å². The first kappa shape index (κ1) is 26.1. The number of carbonyl (C=O) groups is 2. The average Bonchev–Trinajstić information content (AvgIpc) is 2.77. The van der Waals surface area contributed by atoms with E-state index in [1.54, 1.807) is 51.4 Å². The molecule has 9 nitrogen and oxygen atoms in total. The molecule has 2 aromatic carbocycles. The molecular weight excluding hydrogens is 446 g/mol. The number of sulfonamides is 1. The van der Waals surface area contributed by atoms with Crippen LogP contribution >= 0.6 is 0 Å². The van der Waals surface area contributed by atoms with Crippen LogP contribution in [0.5, 0.6) is 11.5 Å². The van der Waals surface area contributed by atoms with Crippen LogP contribution in [-0.2, 0) is 26.2 Å². The van der Waals surface area contributed by atoms with Crippen molar-refractivity contribution in [2.75, 3.05) is 34.4 Å². The summed E-state index contributed by atoms with van der Waals surface area (Å²) in [7, 11) is 1.08. The lowest BCUT2D eigenvalue weighted by molar-refractivity contribution is -0.130. The lowest BCUT2D eigenvalue weighted by Crippen LogP contribution is -2.31. The zero-order chi connectivity index (χ0) is 24.6. The lowest BCUT2D eigenvalue weighted by atomic mass is 10.2. The summed E-state index contributed by atoms with van der Waals surface area (Å²) in [5.74, 6) is 0.384. The van der Waals surface area contributed by atoms with E-state index in [1.165, 1.54) is 12.0 Å². The molecule has 0 aromatic heterocycles. The maximum absolute atomic E-state index is 12.5. The fourth-order valence-corrected chi connectivity index (χ4v) is 4.23. The number of ether oxygens (including phenoxy) is 2. The van der Waals surface area contributed by atoms with E-state index in [1.807, 2.05) is 13.0 Å². The fourth-order valence-electron chi connectivity index (χ4n) is 2.87. The minimum Gasteiger partial charge on any atom is -0.493 e. The SMILES string of the molecule is COc1cc(CNC(=O)CCNS(=O)(=O)c2cc(C)ccc2C)ccc1OCC(=O)N(C)C. The number of likely N-dealkylation sites (N-methyl/N-ethyl adjacent to an activating group) is 1. The third kappa shape index (κ3) is 7.76. The number of hydrogen-bond donors (Lipinski definition) is 2. The maximum Gasteiger partial charge on any atom is 0.259 e. The van der Waals surface area contributed by atoms with Gasteiger partial charge in [-0.15, -0.1) is 0 Å². The predicted octanol–water partition coefficient (Wildman–Crippen LogP) is 1.76. The molecular formula is C23H31N3O6S. The van der Waals surface area contributed by atoms with Gasteiger partial charge in [0.05, 0.1) is 12.0 Å². The van der Waals surface area contributed by atoms with Crippen molar-refractivity contribution in [3.8, 4) is 11.5 Å². The number of amides is 2. The third-order valence-corrected chi connectivity index (χ3v) is 6.45. The minimum atomic E-state index is -3.69. The first-order valence-corrected chi connectivity index (χ1v) is 11.9. The van der Waals surface area contributed by atoms with Gasteiger partial charge in [-0.1, -0.05) is 18.2 Å².